The summed E-state index contributed by atoms with van der Waals surface area (Å²) >= 11 is 0. The normalized spacial score (nSPS) is 28.1. The van der Waals surface area contributed by atoms with Gasteiger partial charge < -0.3 is 20.6 Å². The monoisotopic (exact) mass is 473 g/mol. The molecule has 1 saturated heterocycles. The lowest BCUT2D eigenvalue weighted by atomic mass is 9.78. The molecule has 4 atom stereocenters. The Labute approximate surface area is 204 Å². The van der Waals surface area contributed by atoms with Crippen molar-refractivity contribution in [1.82, 2.24) is 15.7 Å². The van der Waals surface area contributed by atoms with Crippen LogP contribution in [-0.4, -0.2) is 52.3 Å². The fraction of sp³-hybridized carbons (Fsp3) is 0.704. The molecule has 0 aromatic heterocycles. The third kappa shape index (κ3) is 5.57. The van der Waals surface area contributed by atoms with Crippen molar-refractivity contribution in [2.45, 2.75) is 97.3 Å². The van der Waals surface area contributed by atoms with Crippen molar-refractivity contribution in [2.75, 3.05) is 7.11 Å². The second-order valence-corrected chi connectivity index (χ2v) is 11.9. The van der Waals surface area contributed by atoms with E-state index >= 15 is 0 Å². The number of benzene rings is 1. The first-order chi connectivity index (χ1) is 15.7. The highest BCUT2D eigenvalue weighted by atomic mass is 16.7. The number of nitrogens with one attached hydrogen (secondary N) is 2. The molecule has 0 radical (unpaired) electrons. The van der Waals surface area contributed by atoms with Gasteiger partial charge in [0.1, 0.15) is 5.75 Å². The zero-order valence-electron chi connectivity index (χ0n) is 22.1. The van der Waals surface area contributed by atoms with E-state index < -0.39 is 0 Å². The quantitative estimate of drug-likeness (QED) is 0.534. The number of phenolic OH excluding ortho intramolecular Hbond substituents is 1. The molecular weight excluding hydrogens is 430 g/mol. The topological polar surface area (TPSA) is 90.9 Å². The average Bonchev–Trinajstić information content (AvgIpc) is 3.39. The van der Waals surface area contributed by atoms with Crippen molar-refractivity contribution >= 4 is 11.8 Å². The molecule has 1 aliphatic carbocycles. The summed E-state index contributed by atoms with van der Waals surface area (Å²) in [4.78, 5) is 31.0. The van der Waals surface area contributed by atoms with E-state index in [4.69, 9.17) is 4.84 Å². The first-order valence-corrected chi connectivity index (χ1v) is 12.4. The number of carbonyl (C=O) groups is 2. The maximum atomic E-state index is 13.4. The van der Waals surface area contributed by atoms with E-state index in [0.717, 1.165) is 24.8 Å². The highest BCUT2D eigenvalue weighted by Crippen LogP contribution is 2.59. The minimum absolute atomic E-state index is 0.0508. The largest absolute Gasteiger partial charge is 0.508 e. The second-order valence-electron chi connectivity index (χ2n) is 11.9. The number of phenols is 1. The molecule has 3 rings (SSSR count). The van der Waals surface area contributed by atoms with Crippen LogP contribution in [0.25, 0.3) is 0 Å². The number of hydroxylamine groups is 2. The third-order valence-corrected chi connectivity index (χ3v) is 8.12. The van der Waals surface area contributed by atoms with E-state index in [1.165, 1.54) is 6.92 Å². The molecule has 7 nitrogen and oxygen atoms in total. The molecule has 0 bridgehead atoms. The maximum Gasteiger partial charge on any atom is 0.223 e. The van der Waals surface area contributed by atoms with Crippen LogP contribution in [0.2, 0.25) is 0 Å². The smallest absolute Gasteiger partial charge is 0.223 e. The van der Waals surface area contributed by atoms with Crippen LogP contribution >= 0.6 is 0 Å². The predicted molar refractivity (Wildman–Crippen MR) is 133 cm³/mol. The van der Waals surface area contributed by atoms with Crippen molar-refractivity contribution in [3.8, 4) is 5.75 Å². The molecule has 0 unspecified atom stereocenters. The van der Waals surface area contributed by atoms with Crippen LogP contribution in [-0.2, 0) is 20.8 Å². The van der Waals surface area contributed by atoms with Crippen LogP contribution in [0, 0.1) is 17.3 Å². The molecule has 3 N–H and O–H groups in total. The van der Waals surface area contributed by atoms with Gasteiger partial charge in [-0.05, 0) is 82.4 Å². The second kappa shape index (κ2) is 9.50. The molecule has 1 aromatic carbocycles. The summed E-state index contributed by atoms with van der Waals surface area (Å²) in [7, 11) is 1.71. The molecule has 0 spiro atoms. The highest BCUT2D eigenvalue weighted by molar-refractivity contribution is 5.80. The number of piperidine rings is 1. The lowest BCUT2D eigenvalue weighted by Crippen LogP contribution is -2.64. The fourth-order valence-corrected chi connectivity index (χ4v) is 6.44. The molecule has 7 heteroatoms. The van der Waals surface area contributed by atoms with Crippen molar-refractivity contribution in [3.05, 3.63) is 29.8 Å². The van der Waals surface area contributed by atoms with Crippen LogP contribution in [0.1, 0.15) is 73.3 Å². The Morgan fingerprint density at radius 2 is 1.65 bits per heavy atom. The van der Waals surface area contributed by atoms with E-state index in [1.54, 1.807) is 19.2 Å². The van der Waals surface area contributed by atoms with E-state index in [9.17, 15) is 14.7 Å². The van der Waals surface area contributed by atoms with Crippen LogP contribution in [0.3, 0.4) is 0 Å². The summed E-state index contributed by atoms with van der Waals surface area (Å²) in [5, 5.41) is 18.1. The van der Waals surface area contributed by atoms with Gasteiger partial charge in [-0.3, -0.25) is 9.59 Å². The molecule has 34 heavy (non-hydrogen) atoms. The van der Waals surface area contributed by atoms with Gasteiger partial charge in [-0.15, -0.1) is 0 Å². The molecule has 1 saturated carbocycles. The predicted octanol–water partition coefficient (Wildman–Crippen LogP) is 3.80. The Bertz CT molecular complexity index is 880. The van der Waals surface area contributed by atoms with Crippen molar-refractivity contribution in [1.29, 1.82) is 0 Å². The zero-order chi connectivity index (χ0) is 25.5. The molecule has 190 valence electrons. The number of hydrogen-bond donors (Lipinski definition) is 3. The molecule has 2 fully saturated rings. The van der Waals surface area contributed by atoms with Crippen LogP contribution in [0.15, 0.2) is 24.3 Å². The molecule has 2 aliphatic rings. The Balaban J connectivity index is 1.67. The van der Waals surface area contributed by atoms with Gasteiger partial charge in [-0.2, -0.15) is 5.06 Å². The van der Waals surface area contributed by atoms with Crippen LogP contribution in [0.4, 0.5) is 0 Å². The van der Waals surface area contributed by atoms with Gasteiger partial charge in [0.05, 0.1) is 7.11 Å². The Morgan fingerprint density at radius 1 is 1.09 bits per heavy atom. The Kier molecular flexibility index (Phi) is 7.40. The van der Waals surface area contributed by atoms with Crippen molar-refractivity contribution < 1.29 is 19.5 Å². The van der Waals surface area contributed by atoms with E-state index in [0.29, 0.717) is 6.42 Å². The van der Waals surface area contributed by atoms with Gasteiger partial charge >= 0.3 is 0 Å². The first-order valence-electron chi connectivity index (χ1n) is 12.4. The summed E-state index contributed by atoms with van der Waals surface area (Å²) in [6.07, 6.45) is 3.20. The van der Waals surface area contributed by atoms with Gasteiger partial charge in [0, 0.05) is 36.0 Å². The Hall–Kier alpha value is -2.12. The van der Waals surface area contributed by atoms with Crippen LogP contribution in [0.5, 0.6) is 5.75 Å². The zero-order valence-corrected chi connectivity index (χ0v) is 22.1. The van der Waals surface area contributed by atoms with Crippen molar-refractivity contribution in [3.63, 3.8) is 0 Å². The number of nitrogens with zero attached hydrogens (tertiary/aromatic N) is 1. The lowest BCUT2D eigenvalue weighted by Gasteiger charge is -2.53. The van der Waals surface area contributed by atoms with Gasteiger partial charge in [0.2, 0.25) is 11.8 Å². The number of aromatic hydroxyl groups is 1. The fourth-order valence-electron chi connectivity index (χ4n) is 6.44. The lowest BCUT2D eigenvalue weighted by molar-refractivity contribution is -0.267. The highest BCUT2D eigenvalue weighted by Gasteiger charge is 2.59. The first kappa shape index (κ1) is 26.5. The Morgan fingerprint density at radius 3 is 2.15 bits per heavy atom. The van der Waals surface area contributed by atoms with E-state index in [1.807, 2.05) is 24.1 Å². The minimum atomic E-state index is -0.190. The van der Waals surface area contributed by atoms with Gasteiger partial charge in [-0.25, -0.2) is 0 Å². The molecule has 1 aromatic rings. The summed E-state index contributed by atoms with van der Waals surface area (Å²) in [6.45, 7) is 14.3. The molecular formula is C27H43N3O4. The maximum absolute atomic E-state index is 13.4. The van der Waals surface area contributed by atoms with Gasteiger partial charge in [-0.1, -0.05) is 26.0 Å². The number of rotatable bonds is 8. The summed E-state index contributed by atoms with van der Waals surface area (Å²) in [5.74, 6) is 0.293. The molecule has 1 heterocycles. The average molecular weight is 474 g/mol. The summed E-state index contributed by atoms with van der Waals surface area (Å²) < 4.78 is 0. The van der Waals surface area contributed by atoms with Crippen LogP contribution < -0.4 is 10.6 Å². The van der Waals surface area contributed by atoms with Gasteiger partial charge in [0.15, 0.2) is 0 Å². The SMILES string of the molecule is CON1C(C)(C)CC(NC(=O)[C@@H](C)[C@]2(C)C[C@H]2[C@H](Cc2ccc(O)cc2)NC(C)=O)CC1(C)C. The number of hydrogen-bond acceptors (Lipinski definition) is 5. The minimum Gasteiger partial charge on any atom is -0.508 e. The number of carbonyl (C=O) groups excluding carboxylic acids is 2. The van der Waals surface area contributed by atoms with Gasteiger partial charge in [0.25, 0.3) is 0 Å². The molecule has 2 amide bonds. The number of amides is 2. The third-order valence-electron chi connectivity index (χ3n) is 8.12. The summed E-state index contributed by atoms with van der Waals surface area (Å²) in [6, 6.07) is 7.13. The van der Waals surface area contributed by atoms with E-state index in [-0.39, 0.29) is 58.0 Å². The standard InChI is InChI=1S/C27H43N3O4/c1-17(24(33)29-20-14-25(3,4)30(34-8)26(5,6)15-20)27(7)16-22(27)23(28-18(2)31)13-19-9-11-21(32)12-10-19/h9-12,17,20,22-23,32H,13-16H2,1-8H3,(H,28,31)(H,29,33)/t17-,22+,23+,27+/m1/s1. The van der Waals surface area contributed by atoms with Crippen molar-refractivity contribution in [2.24, 2.45) is 17.3 Å². The van der Waals surface area contributed by atoms with E-state index in [2.05, 4.69) is 45.3 Å². The molecule has 1 aliphatic heterocycles. The summed E-state index contributed by atoms with van der Waals surface area (Å²) in [5.41, 5.74) is 0.498.